The molecule has 0 aliphatic rings. The molecule has 0 radical (unpaired) electrons. The van der Waals surface area contributed by atoms with Crippen molar-refractivity contribution in [2.24, 2.45) is 11.5 Å². The summed E-state index contributed by atoms with van der Waals surface area (Å²) in [6.45, 7) is 7.11. The van der Waals surface area contributed by atoms with Gasteiger partial charge in [0, 0.05) is 38.1 Å². The predicted molar refractivity (Wildman–Crippen MR) is 191 cm³/mol. The van der Waals surface area contributed by atoms with E-state index in [4.69, 9.17) is 25.0 Å². The van der Waals surface area contributed by atoms with Crippen molar-refractivity contribution in [2.45, 2.75) is 53.6 Å². The van der Waals surface area contributed by atoms with Gasteiger partial charge in [-0.1, -0.05) is 26.0 Å². The average Bonchev–Trinajstić information content (AvgIpc) is 3.88. The fourth-order valence-electron chi connectivity index (χ4n) is 5.91. The molecule has 6 rings (SSSR count). The number of aryl methyl sites for hydroxylation is 4. The minimum Gasteiger partial charge on any atom is -0.506 e. The Morgan fingerprint density at radius 2 is 1.21 bits per heavy atom. The van der Waals surface area contributed by atoms with Gasteiger partial charge >= 0.3 is 0 Å². The Kier molecular flexibility index (Phi) is 9.69. The summed E-state index contributed by atoms with van der Waals surface area (Å²) in [5, 5.41) is 16.5. The first kappa shape index (κ1) is 35.8. The number of carbonyl (C=O) groups is 4. The molecule has 0 fully saturated rings. The number of phenols is 1. The van der Waals surface area contributed by atoms with Crippen LogP contribution in [0.25, 0.3) is 22.1 Å². The number of anilines is 2. The van der Waals surface area contributed by atoms with Crippen LogP contribution >= 0.6 is 0 Å². The third kappa shape index (κ3) is 6.88. The van der Waals surface area contributed by atoms with Crippen molar-refractivity contribution in [3.63, 3.8) is 0 Å². The molecule has 4 amide bonds. The predicted octanol–water partition coefficient (Wildman–Crippen LogP) is 3.78. The van der Waals surface area contributed by atoms with Crippen molar-refractivity contribution in [2.75, 3.05) is 17.7 Å². The summed E-state index contributed by atoms with van der Waals surface area (Å²) in [6.07, 6.45) is 4.37. The second-order valence-electron chi connectivity index (χ2n) is 11.8. The summed E-state index contributed by atoms with van der Waals surface area (Å²) in [5.74, 6) is -1.83. The number of ether oxygens (including phenoxy) is 1. The molecule has 0 spiro atoms. The van der Waals surface area contributed by atoms with E-state index in [-0.39, 0.29) is 70.2 Å². The molecule has 18 heteroatoms. The molecule has 2 aromatic carbocycles. The average molecular weight is 725 g/mol. The van der Waals surface area contributed by atoms with E-state index in [1.165, 1.54) is 35.9 Å². The van der Waals surface area contributed by atoms with E-state index in [9.17, 15) is 24.3 Å². The highest BCUT2D eigenvalue weighted by molar-refractivity contribution is 6.05. The van der Waals surface area contributed by atoms with Crippen LogP contribution in [0.15, 0.2) is 45.3 Å². The van der Waals surface area contributed by atoms with Gasteiger partial charge in [0.25, 0.3) is 11.8 Å². The highest BCUT2D eigenvalue weighted by Crippen LogP contribution is 2.32. The maximum Gasteiger partial charge on any atom is 0.295 e. The van der Waals surface area contributed by atoms with Crippen LogP contribution in [0.1, 0.15) is 78.8 Å². The van der Waals surface area contributed by atoms with E-state index in [0.717, 1.165) is 0 Å². The lowest BCUT2D eigenvalue weighted by molar-refractivity contribution is 0.0985. The third-order valence-electron chi connectivity index (χ3n) is 8.30. The van der Waals surface area contributed by atoms with E-state index in [1.54, 1.807) is 30.6 Å². The molecule has 274 valence electrons. The smallest absolute Gasteiger partial charge is 0.295 e. The van der Waals surface area contributed by atoms with Crippen molar-refractivity contribution in [3.8, 4) is 11.5 Å². The maximum absolute atomic E-state index is 13.4. The monoisotopic (exact) mass is 724 g/mol. The fourth-order valence-corrected chi connectivity index (χ4v) is 5.91. The topological polar surface area (TPSA) is 262 Å². The number of benzene rings is 2. The molecule has 4 aromatic heterocycles. The van der Waals surface area contributed by atoms with Crippen LogP contribution in [0.3, 0.4) is 0 Å². The van der Waals surface area contributed by atoms with E-state index < -0.39 is 23.6 Å². The first-order valence-corrected chi connectivity index (χ1v) is 16.4. The van der Waals surface area contributed by atoms with Crippen molar-refractivity contribution >= 4 is 57.6 Å². The van der Waals surface area contributed by atoms with Gasteiger partial charge in [-0.05, 0) is 37.1 Å². The molecule has 7 N–H and O–H groups in total. The Morgan fingerprint density at radius 3 is 1.66 bits per heavy atom. The number of oxazole rings is 2. The zero-order valence-electron chi connectivity index (χ0n) is 29.4. The van der Waals surface area contributed by atoms with E-state index in [2.05, 4.69) is 30.6 Å². The van der Waals surface area contributed by atoms with Gasteiger partial charge in [0.05, 0.1) is 29.5 Å². The number of aromatic hydroxyl groups is 1. The molecule has 4 heterocycles. The van der Waals surface area contributed by atoms with Crippen molar-refractivity contribution in [1.29, 1.82) is 0 Å². The molecule has 6 aromatic rings. The third-order valence-corrected chi connectivity index (χ3v) is 8.30. The number of rotatable bonds is 13. The zero-order valence-corrected chi connectivity index (χ0v) is 29.4. The van der Waals surface area contributed by atoms with Gasteiger partial charge in [-0.15, -0.1) is 0 Å². The van der Waals surface area contributed by atoms with E-state index >= 15 is 0 Å². The molecule has 0 bridgehead atoms. The maximum atomic E-state index is 13.4. The molecule has 18 nitrogen and oxygen atoms in total. The minimum absolute atomic E-state index is 0.0164. The second kappa shape index (κ2) is 14.3. The Bertz CT molecular complexity index is 2470. The van der Waals surface area contributed by atoms with Gasteiger partial charge in [0.1, 0.15) is 22.5 Å². The minimum atomic E-state index is -0.773. The lowest BCUT2D eigenvalue weighted by Gasteiger charge is -2.11. The molecule has 0 aliphatic heterocycles. The first-order valence-electron chi connectivity index (χ1n) is 16.4. The molecule has 0 atom stereocenters. The number of hydrogen-bond acceptors (Lipinski definition) is 12. The number of fused-ring (bicyclic) bond motifs is 2. The lowest BCUT2D eigenvalue weighted by Crippen LogP contribution is -2.17. The van der Waals surface area contributed by atoms with Gasteiger partial charge in [-0.3, -0.25) is 29.8 Å². The normalized spacial score (nSPS) is 11.5. The van der Waals surface area contributed by atoms with Gasteiger partial charge in [0.15, 0.2) is 11.8 Å². The number of carbonyl (C=O) groups excluding carboxylic acids is 4. The summed E-state index contributed by atoms with van der Waals surface area (Å²) >= 11 is 0. The Morgan fingerprint density at radius 1 is 0.755 bits per heavy atom. The summed E-state index contributed by atoms with van der Waals surface area (Å²) in [4.78, 5) is 68.4. The molecular weight excluding hydrogens is 688 g/mol. The van der Waals surface area contributed by atoms with E-state index in [1.807, 2.05) is 13.8 Å². The van der Waals surface area contributed by atoms with Crippen LogP contribution < -0.4 is 26.8 Å². The summed E-state index contributed by atoms with van der Waals surface area (Å²) < 4.78 is 19.9. The van der Waals surface area contributed by atoms with Crippen molar-refractivity contribution < 1.29 is 37.9 Å². The Balaban J connectivity index is 1.38. The number of aromatic nitrogens is 6. The number of allylic oxidation sites excluding steroid dienone is 2. The summed E-state index contributed by atoms with van der Waals surface area (Å²) in [5.41, 5.74) is 13.3. The molecular formula is C35H36N10O8. The first-order chi connectivity index (χ1) is 25.3. The number of amides is 4. The molecule has 0 saturated carbocycles. The van der Waals surface area contributed by atoms with Crippen LogP contribution in [-0.2, 0) is 25.9 Å². The number of hydrogen-bond donors (Lipinski definition) is 5. The number of methoxy groups -OCH3 is 1. The summed E-state index contributed by atoms with van der Waals surface area (Å²) in [7, 11) is 1.43. The molecule has 0 unspecified atom stereocenters. The van der Waals surface area contributed by atoms with Crippen LogP contribution in [0, 0.1) is 13.8 Å². The van der Waals surface area contributed by atoms with Crippen LogP contribution in [-0.4, -0.2) is 64.9 Å². The largest absolute Gasteiger partial charge is 0.506 e. The number of primary amides is 2. The standard InChI is InChI=1S/C35H36N10O8/c1-6-20-28(52-16(3)38-20)32(49)42-34-40-22-12-18(30(36)47)14-24(46)26(22)44(34)10-8-9-11-45-27-23(13-19(31(37)48)15-25(27)51-5)41-35(45)43-33(50)29-21(7-2)39-17(4)53-29/h8-9,12-15,46H,6-7,10-11H2,1-5H3,(H2,36,47)(H2,37,48)(H,40,42,49)(H,41,43,50)/b9-8+. The highest BCUT2D eigenvalue weighted by atomic mass is 16.5. The Hall–Kier alpha value is -6.98. The van der Waals surface area contributed by atoms with Crippen LogP contribution in [0.4, 0.5) is 11.9 Å². The zero-order chi connectivity index (χ0) is 38.1. The number of phenolic OH excluding ortho intramolecular Hbond substituents is 1. The van der Waals surface area contributed by atoms with Crippen LogP contribution in [0.5, 0.6) is 11.5 Å². The van der Waals surface area contributed by atoms with Gasteiger partial charge in [-0.25, -0.2) is 19.9 Å². The fraction of sp³-hybridized carbons (Fsp3) is 0.257. The van der Waals surface area contributed by atoms with Crippen molar-refractivity contribution in [3.05, 3.63) is 82.2 Å². The van der Waals surface area contributed by atoms with Gasteiger partial charge < -0.3 is 39.3 Å². The molecule has 0 saturated heterocycles. The van der Waals surface area contributed by atoms with Crippen LogP contribution in [0.2, 0.25) is 0 Å². The molecule has 53 heavy (non-hydrogen) atoms. The number of nitrogens with zero attached hydrogens (tertiary/aromatic N) is 6. The van der Waals surface area contributed by atoms with Gasteiger partial charge in [0.2, 0.25) is 35.2 Å². The number of nitrogens with two attached hydrogens (primary N) is 2. The number of nitrogens with one attached hydrogen (secondary N) is 2. The second-order valence-corrected chi connectivity index (χ2v) is 11.8. The van der Waals surface area contributed by atoms with Crippen molar-refractivity contribution in [1.82, 2.24) is 29.1 Å². The summed E-state index contributed by atoms with van der Waals surface area (Å²) in [6, 6.07) is 5.58. The van der Waals surface area contributed by atoms with Gasteiger partial charge in [-0.2, -0.15) is 0 Å². The Labute approximate surface area is 300 Å². The lowest BCUT2D eigenvalue weighted by atomic mass is 10.1. The molecule has 0 aliphatic carbocycles. The highest BCUT2D eigenvalue weighted by Gasteiger charge is 2.25. The number of imidazole rings is 2. The van der Waals surface area contributed by atoms with E-state index in [0.29, 0.717) is 47.0 Å². The quantitative estimate of drug-likeness (QED) is 0.107. The SMILES string of the molecule is CCc1nc(C)oc1C(=O)Nc1nc2cc(C(N)=O)cc(O)c2n1C/C=C/Cn1c(NC(=O)c2oc(C)nc2CC)nc2cc(C(N)=O)cc(OC)c21.